The number of methoxy groups -OCH3 is 1. The highest BCUT2D eigenvalue weighted by Gasteiger charge is 2.12. The highest BCUT2D eigenvalue weighted by Crippen LogP contribution is 2.33. The summed E-state index contributed by atoms with van der Waals surface area (Å²) >= 11 is 8.06. The molecule has 0 bridgehead atoms. The Morgan fingerprint density at radius 1 is 1.07 bits per heavy atom. The predicted molar refractivity (Wildman–Crippen MR) is 123 cm³/mol. The van der Waals surface area contributed by atoms with Gasteiger partial charge in [-0.1, -0.05) is 41.9 Å². The zero-order valence-electron chi connectivity index (χ0n) is 16.3. The maximum Gasteiger partial charge on any atom is 0.255 e. The molecule has 3 aromatic carbocycles. The molecule has 0 fully saturated rings. The zero-order chi connectivity index (χ0) is 20.9. The average molecular weight is 435 g/mol. The second kappa shape index (κ2) is 9.11. The van der Waals surface area contributed by atoms with Crippen molar-refractivity contribution in [2.24, 2.45) is 0 Å². The van der Waals surface area contributed by atoms with Crippen LogP contribution in [0.3, 0.4) is 0 Å². The third kappa shape index (κ3) is 4.70. The minimum absolute atomic E-state index is 0.208. The largest absolute Gasteiger partial charge is 0.497 e. The number of amides is 1. The molecule has 1 aromatic heterocycles. The second-order valence-corrected chi connectivity index (χ2v) is 7.95. The van der Waals surface area contributed by atoms with E-state index in [1.54, 1.807) is 48.8 Å². The minimum Gasteiger partial charge on any atom is -0.497 e. The Hall–Kier alpha value is -3.15. The number of hydrogen-bond acceptors (Lipinski definition) is 4. The smallest absolute Gasteiger partial charge is 0.255 e. The number of nitrogens with one attached hydrogen (secondary N) is 1. The first kappa shape index (κ1) is 20.1. The van der Waals surface area contributed by atoms with Crippen molar-refractivity contribution in [3.8, 4) is 16.3 Å². The van der Waals surface area contributed by atoms with Crippen LogP contribution in [0.25, 0.3) is 10.6 Å². The Balaban J connectivity index is 1.47. The van der Waals surface area contributed by atoms with Crippen LogP contribution in [0.15, 0.2) is 78.2 Å². The van der Waals surface area contributed by atoms with E-state index in [0.717, 1.165) is 22.7 Å². The molecule has 6 heteroatoms. The predicted octanol–water partition coefficient (Wildman–Crippen LogP) is 6.32. The summed E-state index contributed by atoms with van der Waals surface area (Å²) in [4.78, 5) is 17.2. The van der Waals surface area contributed by atoms with Gasteiger partial charge in [0, 0.05) is 28.6 Å². The lowest BCUT2D eigenvalue weighted by Gasteiger charge is -2.08. The van der Waals surface area contributed by atoms with Gasteiger partial charge in [-0.05, 0) is 48.0 Å². The normalized spacial score (nSPS) is 10.6. The van der Waals surface area contributed by atoms with Crippen molar-refractivity contribution in [2.75, 3.05) is 12.4 Å². The number of ether oxygens (including phenoxy) is 1. The molecule has 0 aliphatic carbocycles. The van der Waals surface area contributed by atoms with Crippen molar-refractivity contribution in [1.82, 2.24) is 4.98 Å². The van der Waals surface area contributed by atoms with Crippen molar-refractivity contribution in [1.29, 1.82) is 0 Å². The number of halogens is 1. The summed E-state index contributed by atoms with van der Waals surface area (Å²) in [5.74, 6) is 0.495. The topological polar surface area (TPSA) is 51.2 Å². The first-order valence-corrected chi connectivity index (χ1v) is 10.6. The molecule has 0 atom stereocenters. The third-order valence-electron chi connectivity index (χ3n) is 4.59. The number of thiazole rings is 1. The molecule has 1 amide bonds. The van der Waals surface area contributed by atoms with Crippen molar-refractivity contribution < 1.29 is 9.53 Å². The molecule has 0 saturated heterocycles. The molecule has 1 heterocycles. The molecule has 4 rings (SSSR count). The van der Waals surface area contributed by atoms with Crippen LogP contribution in [0.5, 0.6) is 5.75 Å². The molecule has 150 valence electrons. The van der Waals surface area contributed by atoms with Crippen LogP contribution in [0, 0.1) is 0 Å². The highest BCUT2D eigenvalue weighted by atomic mass is 35.5. The van der Waals surface area contributed by atoms with Gasteiger partial charge in [-0.2, -0.15) is 0 Å². The summed E-state index contributed by atoms with van der Waals surface area (Å²) in [5.41, 5.74) is 4.25. The standard InChI is InChI=1S/C24H19ClN2O2S/c1-29-20-10-7-17(8-11-20)23(28)26-18-9-12-21(22(25)14-18)24-27-19(15-30-24)13-16-5-3-2-4-6-16/h2-12,14-15H,13H2,1H3,(H,26,28). The second-order valence-electron chi connectivity index (χ2n) is 6.68. The van der Waals surface area contributed by atoms with Crippen molar-refractivity contribution in [2.45, 2.75) is 6.42 Å². The van der Waals surface area contributed by atoms with Crippen molar-refractivity contribution >= 4 is 34.5 Å². The molecule has 4 nitrogen and oxygen atoms in total. The van der Waals surface area contributed by atoms with Crippen LogP contribution < -0.4 is 10.1 Å². The van der Waals surface area contributed by atoms with Gasteiger partial charge in [-0.15, -0.1) is 11.3 Å². The van der Waals surface area contributed by atoms with Gasteiger partial charge in [0.2, 0.25) is 0 Å². The number of nitrogens with zero attached hydrogens (tertiary/aromatic N) is 1. The van der Waals surface area contributed by atoms with E-state index >= 15 is 0 Å². The minimum atomic E-state index is -0.208. The summed E-state index contributed by atoms with van der Waals surface area (Å²) in [6.07, 6.45) is 0.783. The van der Waals surface area contributed by atoms with Crippen LogP contribution in [-0.4, -0.2) is 18.0 Å². The van der Waals surface area contributed by atoms with Crippen LogP contribution in [-0.2, 0) is 6.42 Å². The zero-order valence-corrected chi connectivity index (χ0v) is 17.8. The van der Waals surface area contributed by atoms with Gasteiger partial charge in [-0.25, -0.2) is 4.98 Å². The molecular weight excluding hydrogens is 416 g/mol. The molecule has 0 aliphatic rings. The average Bonchev–Trinajstić information content (AvgIpc) is 3.22. The fourth-order valence-corrected chi connectivity index (χ4v) is 4.21. The first-order valence-electron chi connectivity index (χ1n) is 9.36. The maximum absolute atomic E-state index is 12.5. The number of rotatable bonds is 6. The molecule has 4 aromatic rings. The van der Waals surface area contributed by atoms with E-state index in [2.05, 4.69) is 22.8 Å². The van der Waals surface area contributed by atoms with Crippen LogP contribution in [0.2, 0.25) is 5.02 Å². The highest BCUT2D eigenvalue weighted by molar-refractivity contribution is 7.13. The molecule has 0 saturated carbocycles. The number of aromatic nitrogens is 1. The molecular formula is C24H19ClN2O2S. The van der Waals surface area contributed by atoms with Crippen molar-refractivity contribution in [3.05, 3.63) is 100 Å². The third-order valence-corrected chi connectivity index (χ3v) is 5.83. The summed E-state index contributed by atoms with van der Waals surface area (Å²) < 4.78 is 5.12. The van der Waals surface area contributed by atoms with E-state index in [0.29, 0.717) is 22.0 Å². The van der Waals surface area contributed by atoms with Gasteiger partial charge >= 0.3 is 0 Å². The van der Waals surface area contributed by atoms with Crippen LogP contribution >= 0.6 is 22.9 Å². The Kier molecular flexibility index (Phi) is 6.12. The number of anilines is 1. The number of carbonyl (C=O) groups is 1. The lowest BCUT2D eigenvalue weighted by atomic mass is 10.1. The van der Waals surface area contributed by atoms with Gasteiger partial charge in [0.15, 0.2) is 0 Å². The molecule has 0 unspecified atom stereocenters. The SMILES string of the molecule is COc1ccc(C(=O)Nc2ccc(-c3nc(Cc4ccccc4)cs3)c(Cl)c2)cc1. The van der Waals surface area contributed by atoms with E-state index in [1.165, 1.54) is 5.56 Å². The lowest BCUT2D eigenvalue weighted by molar-refractivity contribution is 0.102. The number of carbonyl (C=O) groups excluding carboxylic acids is 1. The van der Waals surface area contributed by atoms with E-state index in [1.807, 2.05) is 30.3 Å². The summed E-state index contributed by atoms with van der Waals surface area (Å²) in [7, 11) is 1.59. The fourth-order valence-electron chi connectivity index (χ4n) is 3.03. The quantitative estimate of drug-likeness (QED) is 0.386. The first-order chi connectivity index (χ1) is 14.6. The van der Waals surface area contributed by atoms with E-state index in [-0.39, 0.29) is 5.91 Å². The fraction of sp³-hybridized carbons (Fsp3) is 0.0833. The number of hydrogen-bond donors (Lipinski definition) is 1. The molecule has 30 heavy (non-hydrogen) atoms. The molecule has 1 N–H and O–H groups in total. The van der Waals surface area contributed by atoms with E-state index in [9.17, 15) is 4.79 Å². The maximum atomic E-state index is 12.5. The van der Waals surface area contributed by atoms with Crippen molar-refractivity contribution in [3.63, 3.8) is 0 Å². The summed E-state index contributed by atoms with van der Waals surface area (Å²) in [6.45, 7) is 0. The Morgan fingerprint density at radius 2 is 1.83 bits per heavy atom. The van der Waals surface area contributed by atoms with Gasteiger partial charge in [0.1, 0.15) is 10.8 Å². The van der Waals surface area contributed by atoms with Crippen LogP contribution in [0.1, 0.15) is 21.6 Å². The van der Waals surface area contributed by atoms with E-state index in [4.69, 9.17) is 21.3 Å². The molecule has 0 spiro atoms. The summed E-state index contributed by atoms with van der Waals surface area (Å²) in [5, 5.41) is 6.33. The Bertz CT molecular complexity index is 1160. The molecule has 0 radical (unpaired) electrons. The lowest BCUT2D eigenvalue weighted by Crippen LogP contribution is -2.11. The monoisotopic (exact) mass is 434 g/mol. The van der Waals surface area contributed by atoms with Gasteiger partial charge in [0.05, 0.1) is 17.8 Å². The van der Waals surface area contributed by atoms with Gasteiger partial charge in [-0.3, -0.25) is 4.79 Å². The Morgan fingerprint density at radius 3 is 2.53 bits per heavy atom. The Labute approximate surface area is 184 Å². The summed E-state index contributed by atoms with van der Waals surface area (Å²) in [6, 6.07) is 22.6. The van der Waals surface area contributed by atoms with E-state index < -0.39 is 0 Å². The van der Waals surface area contributed by atoms with Crippen LogP contribution in [0.4, 0.5) is 5.69 Å². The molecule has 0 aliphatic heterocycles. The van der Waals surface area contributed by atoms with Gasteiger partial charge < -0.3 is 10.1 Å². The van der Waals surface area contributed by atoms with Gasteiger partial charge in [0.25, 0.3) is 5.91 Å². The number of benzene rings is 3.